The Morgan fingerprint density at radius 3 is 2.60 bits per heavy atom. The van der Waals surface area contributed by atoms with Crippen LogP contribution in [0.15, 0.2) is 42.6 Å². The number of amides is 1. The summed E-state index contributed by atoms with van der Waals surface area (Å²) in [5.41, 5.74) is 2.16. The topological polar surface area (TPSA) is 49.3 Å². The van der Waals surface area contributed by atoms with Gasteiger partial charge < -0.3 is 9.80 Å². The molecule has 2 aromatic rings. The lowest BCUT2D eigenvalue weighted by Gasteiger charge is -2.33. The summed E-state index contributed by atoms with van der Waals surface area (Å²) < 4.78 is 14.5. The summed E-state index contributed by atoms with van der Waals surface area (Å²) in [7, 11) is 3.81. The van der Waals surface area contributed by atoms with Crippen molar-refractivity contribution in [3.05, 3.63) is 54.1 Å². The highest BCUT2D eigenvalue weighted by Crippen LogP contribution is 2.36. The van der Waals surface area contributed by atoms with Gasteiger partial charge in [0.05, 0.1) is 5.69 Å². The molecule has 0 radical (unpaired) electrons. The lowest BCUT2D eigenvalue weighted by Crippen LogP contribution is -2.38. The SMILES string of the molecule is CN(C)c1ncc(-c2ccccc2F)c(C2CCN(C(=O)CC3C=CCC3)CC2)n1. The lowest BCUT2D eigenvalue weighted by molar-refractivity contribution is -0.132. The van der Waals surface area contributed by atoms with E-state index in [2.05, 4.69) is 17.1 Å². The number of likely N-dealkylation sites (tertiary alicyclic amines) is 1. The Morgan fingerprint density at radius 2 is 1.93 bits per heavy atom. The van der Waals surface area contributed by atoms with Crippen LogP contribution in [0.4, 0.5) is 10.3 Å². The second kappa shape index (κ2) is 8.94. The summed E-state index contributed by atoms with van der Waals surface area (Å²) in [6.07, 6.45) is 10.5. The van der Waals surface area contributed by atoms with Crippen LogP contribution in [0.2, 0.25) is 0 Å². The third-order valence-corrected chi connectivity index (χ3v) is 6.15. The maximum Gasteiger partial charge on any atom is 0.225 e. The van der Waals surface area contributed by atoms with Gasteiger partial charge in [0.2, 0.25) is 11.9 Å². The normalized spacial score (nSPS) is 19.3. The van der Waals surface area contributed by atoms with E-state index in [0.717, 1.165) is 50.0 Å². The van der Waals surface area contributed by atoms with Crippen LogP contribution in [0.1, 0.15) is 43.7 Å². The van der Waals surface area contributed by atoms with Crippen molar-refractivity contribution in [2.75, 3.05) is 32.1 Å². The molecule has 2 heterocycles. The van der Waals surface area contributed by atoms with Gasteiger partial charge in [0.15, 0.2) is 0 Å². The Balaban J connectivity index is 1.53. The van der Waals surface area contributed by atoms with Gasteiger partial charge in [0.25, 0.3) is 0 Å². The first-order valence-corrected chi connectivity index (χ1v) is 10.8. The Bertz CT molecular complexity index is 935. The Kier molecular flexibility index (Phi) is 6.11. The summed E-state index contributed by atoms with van der Waals surface area (Å²) in [6, 6.07) is 6.77. The molecule has 0 bridgehead atoms. The van der Waals surface area contributed by atoms with E-state index in [9.17, 15) is 9.18 Å². The largest absolute Gasteiger partial charge is 0.347 e. The number of anilines is 1. The molecule has 1 fully saturated rings. The number of rotatable bonds is 5. The standard InChI is InChI=1S/C24H29FN4O/c1-28(2)24-26-16-20(19-9-5-6-10-21(19)25)23(27-24)18-11-13-29(14-12-18)22(30)15-17-7-3-4-8-17/h3,5-7,9-10,16-18H,4,8,11-15H2,1-2H3. The van der Waals surface area contributed by atoms with Gasteiger partial charge in [-0.3, -0.25) is 4.79 Å². The van der Waals surface area contributed by atoms with Gasteiger partial charge in [-0.15, -0.1) is 0 Å². The molecule has 6 heteroatoms. The molecule has 1 aromatic heterocycles. The molecule has 1 aromatic carbocycles. The molecule has 0 N–H and O–H groups in total. The van der Waals surface area contributed by atoms with Crippen molar-refractivity contribution in [2.45, 2.75) is 38.0 Å². The van der Waals surface area contributed by atoms with Gasteiger partial charge in [-0.25, -0.2) is 14.4 Å². The summed E-state index contributed by atoms with van der Waals surface area (Å²) in [5.74, 6) is 1.17. The second-order valence-corrected chi connectivity index (χ2v) is 8.47. The molecule has 1 aliphatic carbocycles. The highest BCUT2D eigenvalue weighted by Gasteiger charge is 2.28. The van der Waals surface area contributed by atoms with Gasteiger partial charge in [-0.05, 0) is 37.7 Å². The predicted octanol–water partition coefficient (Wildman–Crippen LogP) is 4.41. The van der Waals surface area contributed by atoms with Crippen molar-refractivity contribution < 1.29 is 9.18 Å². The van der Waals surface area contributed by atoms with Crippen molar-refractivity contribution in [1.29, 1.82) is 0 Å². The summed E-state index contributed by atoms with van der Waals surface area (Å²) in [4.78, 5) is 25.8. The number of hydrogen-bond donors (Lipinski definition) is 0. The van der Waals surface area contributed by atoms with Crippen LogP contribution in [0, 0.1) is 11.7 Å². The average Bonchev–Trinajstić information content (AvgIpc) is 3.27. The van der Waals surface area contributed by atoms with E-state index in [-0.39, 0.29) is 17.6 Å². The number of benzene rings is 1. The molecule has 1 atom stereocenters. The zero-order valence-electron chi connectivity index (χ0n) is 17.7. The first-order chi connectivity index (χ1) is 14.5. The van der Waals surface area contributed by atoms with E-state index in [1.165, 1.54) is 6.07 Å². The number of carbonyl (C=O) groups is 1. The number of hydrogen-bond acceptors (Lipinski definition) is 4. The first-order valence-electron chi connectivity index (χ1n) is 10.8. The summed E-state index contributed by atoms with van der Waals surface area (Å²) in [5, 5.41) is 0. The van der Waals surface area contributed by atoms with E-state index in [0.29, 0.717) is 23.9 Å². The third kappa shape index (κ3) is 4.37. The van der Waals surface area contributed by atoms with Crippen LogP contribution in [0.3, 0.4) is 0 Å². The number of allylic oxidation sites excluding steroid dienone is 2. The van der Waals surface area contributed by atoms with Crippen molar-refractivity contribution in [3.8, 4) is 11.1 Å². The molecule has 4 rings (SSSR count). The number of carbonyl (C=O) groups excluding carboxylic acids is 1. The second-order valence-electron chi connectivity index (χ2n) is 8.47. The molecular formula is C24H29FN4O. The van der Waals surface area contributed by atoms with Crippen LogP contribution >= 0.6 is 0 Å². The molecule has 1 amide bonds. The minimum atomic E-state index is -0.266. The van der Waals surface area contributed by atoms with Crippen LogP contribution in [-0.4, -0.2) is 48.0 Å². The minimum Gasteiger partial charge on any atom is -0.347 e. The van der Waals surface area contributed by atoms with Crippen LogP contribution in [0.5, 0.6) is 0 Å². The Hall–Kier alpha value is -2.76. The fourth-order valence-electron chi connectivity index (χ4n) is 4.42. The molecule has 0 saturated carbocycles. The minimum absolute atomic E-state index is 0.178. The molecular weight excluding hydrogens is 379 g/mol. The van der Waals surface area contributed by atoms with Crippen LogP contribution in [0.25, 0.3) is 11.1 Å². The van der Waals surface area contributed by atoms with Crippen LogP contribution < -0.4 is 4.90 Å². The molecule has 1 aliphatic heterocycles. The van der Waals surface area contributed by atoms with Crippen molar-refractivity contribution in [3.63, 3.8) is 0 Å². The van der Waals surface area contributed by atoms with Gasteiger partial charge in [0.1, 0.15) is 5.82 Å². The van der Waals surface area contributed by atoms with E-state index in [1.807, 2.05) is 30.0 Å². The highest BCUT2D eigenvalue weighted by atomic mass is 19.1. The molecule has 1 unspecified atom stereocenters. The van der Waals surface area contributed by atoms with Crippen molar-refractivity contribution in [1.82, 2.24) is 14.9 Å². The van der Waals surface area contributed by atoms with Gasteiger partial charge in [0, 0.05) is 56.8 Å². The predicted molar refractivity (Wildman–Crippen MR) is 117 cm³/mol. The smallest absolute Gasteiger partial charge is 0.225 e. The summed E-state index contributed by atoms with van der Waals surface area (Å²) in [6.45, 7) is 1.44. The molecule has 0 spiro atoms. The molecule has 1 saturated heterocycles. The Morgan fingerprint density at radius 1 is 1.17 bits per heavy atom. The zero-order chi connectivity index (χ0) is 21.1. The maximum atomic E-state index is 14.5. The monoisotopic (exact) mass is 408 g/mol. The number of halogens is 1. The van der Waals surface area contributed by atoms with Gasteiger partial charge >= 0.3 is 0 Å². The Labute approximate surface area is 177 Å². The molecule has 158 valence electrons. The number of piperidine rings is 1. The highest BCUT2D eigenvalue weighted by molar-refractivity contribution is 5.77. The van der Waals surface area contributed by atoms with Crippen molar-refractivity contribution in [2.24, 2.45) is 5.92 Å². The fourth-order valence-corrected chi connectivity index (χ4v) is 4.42. The first kappa shape index (κ1) is 20.5. The maximum absolute atomic E-state index is 14.5. The van der Waals surface area contributed by atoms with Gasteiger partial charge in [-0.2, -0.15) is 0 Å². The molecule has 2 aliphatic rings. The van der Waals surface area contributed by atoms with E-state index in [1.54, 1.807) is 18.3 Å². The fraction of sp³-hybridized carbons (Fsp3) is 0.458. The molecule has 5 nitrogen and oxygen atoms in total. The molecule has 30 heavy (non-hydrogen) atoms. The zero-order valence-corrected chi connectivity index (χ0v) is 17.7. The quantitative estimate of drug-likeness (QED) is 0.688. The van der Waals surface area contributed by atoms with Gasteiger partial charge in [-0.1, -0.05) is 30.4 Å². The van der Waals surface area contributed by atoms with Crippen LogP contribution in [-0.2, 0) is 4.79 Å². The third-order valence-electron chi connectivity index (χ3n) is 6.15. The lowest BCUT2D eigenvalue weighted by atomic mass is 9.88. The average molecular weight is 409 g/mol. The van der Waals surface area contributed by atoms with E-state index >= 15 is 0 Å². The number of aromatic nitrogens is 2. The summed E-state index contributed by atoms with van der Waals surface area (Å²) >= 11 is 0. The van der Waals surface area contributed by atoms with E-state index < -0.39 is 0 Å². The van der Waals surface area contributed by atoms with Crippen molar-refractivity contribution >= 4 is 11.9 Å². The van der Waals surface area contributed by atoms with E-state index in [4.69, 9.17) is 4.98 Å². The number of nitrogens with zero attached hydrogens (tertiary/aromatic N) is 4.